The molecule has 0 aromatic rings. The van der Waals surface area contributed by atoms with E-state index in [1.165, 1.54) is 0 Å². The lowest BCUT2D eigenvalue weighted by Gasteiger charge is -2.15. The first-order chi connectivity index (χ1) is 5.54. The van der Waals surface area contributed by atoms with Gasteiger partial charge in [-0.05, 0) is 13.8 Å². The number of halogens is 1. The van der Waals surface area contributed by atoms with E-state index in [0.29, 0.717) is 18.2 Å². The summed E-state index contributed by atoms with van der Waals surface area (Å²) >= 11 is 5.51. The first-order valence-electron chi connectivity index (χ1n) is 3.75. The van der Waals surface area contributed by atoms with E-state index in [4.69, 9.17) is 20.6 Å². The molecule has 0 unspecified atom stereocenters. The molecule has 5 heteroatoms. The normalized spacial score (nSPS) is 11.6. The monoisotopic (exact) mass is 212 g/mol. The van der Waals surface area contributed by atoms with Crippen LogP contribution in [0.5, 0.6) is 0 Å². The molecule has 3 nitrogen and oxygen atoms in total. The van der Waals surface area contributed by atoms with Crippen LogP contribution in [0.25, 0.3) is 0 Å². The van der Waals surface area contributed by atoms with Crippen LogP contribution in [0.2, 0.25) is 0 Å². The fourth-order valence-corrected chi connectivity index (χ4v) is 2.64. The van der Waals surface area contributed by atoms with Crippen LogP contribution >= 0.6 is 19.2 Å². The third kappa shape index (κ3) is 4.94. The van der Waals surface area contributed by atoms with Crippen molar-refractivity contribution in [3.8, 4) is 0 Å². The van der Waals surface area contributed by atoms with Crippen LogP contribution in [0.15, 0.2) is 11.6 Å². The molecule has 12 heavy (non-hydrogen) atoms. The minimum Gasteiger partial charge on any atom is -0.309 e. The highest BCUT2D eigenvalue weighted by Crippen LogP contribution is 2.49. The van der Waals surface area contributed by atoms with Gasteiger partial charge in [-0.2, -0.15) is 0 Å². The Hall–Kier alpha value is 0.180. The second kappa shape index (κ2) is 5.76. The van der Waals surface area contributed by atoms with Crippen LogP contribution in [0, 0.1) is 0 Å². The molecule has 0 saturated heterocycles. The first kappa shape index (κ1) is 12.2. The van der Waals surface area contributed by atoms with E-state index in [1.807, 2.05) is 0 Å². The summed E-state index contributed by atoms with van der Waals surface area (Å²) in [6.45, 7) is 7.64. The van der Waals surface area contributed by atoms with Gasteiger partial charge in [0.05, 0.1) is 19.4 Å². The Morgan fingerprint density at radius 3 is 2.08 bits per heavy atom. The summed E-state index contributed by atoms with van der Waals surface area (Å²) in [6, 6.07) is 0. The molecule has 0 aliphatic heterocycles. The first-order valence-corrected chi connectivity index (χ1v) is 5.86. The molecule has 0 aromatic heterocycles. The molecule has 72 valence electrons. The summed E-state index contributed by atoms with van der Waals surface area (Å²) < 4.78 is 21.6. The van der Waals surface area contributed by atoms with Crippen LogP contribution in [-0.4, -0.2) is 19.4 Å². The quantitative estimate of drug-likeness (QED) is 0.635. The molecule has 0 rings (SSSR count). The maximum Gasteiger partial charge on any atom is 0.335 e. The summed E-state index contributed by atoms with van der Waals surface area (Å²) in [5.74, 6) is 0. The number of hydrogen-bond acceptors (Lipinski definition) is 3. The minimum atomic E-state index is -3.01. The van der Waals surface area contributed by atoms with Crippen molar-refractivity contribution >= 4 is 19.2 Å². The molecule has 0 fully saturated rings. The van der Waals surface area contributed by atoms with Crippen molar-refractivity contribution in [1.29, 1.82) is 0 Å². The van der Waals surface area contributed by atoms with Crippen LogP contribution in [0.1, 0.15) is 13.8 Å². The summed E-state index contributed by atoms with van der Waals surface area (Å²) in [5, 5.41) is 0.292. The molecule has 0 N–H and O–H groups in total. The molecule has 0 amide bonds. The highest BCUT2D eigenvalue weighted by atomic mass is 35.5. The van der Waals surface area contributed by atoms with Gasteiger partial charge in [-0.1, -0.05) is 18.2 Å². The van der Waals surface area contributed by atoms with E-state index in [1.54, 1.807) is 13.8 Å². The summed E-state index contributed by atoms with van der Waals surface area (Å²) in [5.41, 5.74) is 0. The fourth-order valence-electron chi connectivity index (χ4n) is 0.732. The van der Waals surface area contributed by atoms with Crippen molar-refractivity contribution in [3.05, 3.63) is 11.6 Å². The van der Waals surface area contributed by atoms with E-state index in [9.17, 15) is 4.57 Å². The van der Waals surface area contributed by atoms with Gasteiger partial charge in [0.1, 0.15) is 0 Å². The molecule has 0 aliphatic carbocycles. The van der Waals surface area contributed by atoms with Gasteiger partial charge in [0.15, 0.2) is 0 Å². The third-order valence-electron chi connectivity index (χ3n) is 1.02. The van der Waals surface area contributed by atoms with Crippen molar-refractivity contribution in [2.45, 2.75) is 13.8 Å². The van der Waals surface area contributed by atoms with Gasteiger partial charge in [0, 0.05) is 5.03 Å². The zero-order valence-corrected chi connectivity index (χ0v) is 9.03. The zero-order valence-electron chi connectivity index (χ0n) is 7.38. The van der Waals surface area contributed by atoms with Gasteiger partial charge >= 0.3 is 7.60 Å². The average molecular weight is 213 g/mol. The Morgan fingerprint density at radius 1 is 1.42 bits per heavy atom. The van der Waals surface area contributed by atoms with Gasteiger partial charge in [0.2, 0.25) is 0 Å². The second-order valence-electron chi connectivity index (χ2n) is 2.12. The molecular formula is C7H14ClO3P. The summed E-state index contributed by atoms with van der Waals surface area (Å²) in [7, 11) is -3.01. The number of allylic oxidation sites excluding steroid dienone is 1. The number of rotatable bonds is 6. The molecular weight excluding hydrogens is 199 g/mol. The Labute approximate surface area is 78.2 Å². The van der Waals surface area contributed by atoms with Gasteiger partial charge in [0.25, 0.3) is 0 Å². The van der Waals surface area contributed by atoms with Crippen molar-refractivity contribution in [1.82, 2.24) is 0 Å². The minimum absolute atomic E-state index is 0.0796. The van der Waals surface area contributed by atoms with Crippen LogP contribution in [0.4, 0.5) is 0 Å². The molecule has 0 bridgehead atoms. The van der Waals surface area contributed by atoms with Gasteiger partial charge < -0.3 is 9.05 Å². The molecule has 0 heterocycles. The third-order valence-corrected chi connectivity index (χ3v) is 3.41. The zero-order chi connectivity index (χ0) is 9.61. The topological polar surface area (TPSA) is 35.5 Å². The van der Waals surface area contributed by atoms with Crippen LogP contribution in [-0.2, 0) is 13.6 Å². The maximum absolute atomic E-state index is 11.6. The molecule has 0 atom stereocenters. The largest absolute Gasteiger partial charge is 0.335 e. The lowest BCUT2D eigenvalue weighted by Crippen LogP contribution is -1.99. The highest BCUT2D eigenvalue weighted by molar-refractivity contribution is 7.54. The van der Waals surface area contributed by atoms with Gasteiger partial charge in [-0.25, -0.2) is 0 Å². The average Bonchev–Trinajstić information content (AvgIpc) is 1.85. The van der Waals surface area contributed by atoms with E-state index >= 15 is 0 Å². The predicted molar refractivity (Wildman–Crippen MR) is 50.7 cm³/mol. The van der Waals surface area contributed by atoms with E-state index in [-0.39, 0.29) is 6.16 Å². The van der Waals surface area contributed by atoms with Crippen molar-refractivity contribution < 1.29 is 13.6 Å². The number of hydrogen-bond donors (Lipinski definition) is 0. The molecule has 0 radical (unpaired) electrons. The molecule has 0 saturated carbocycles. The Kier molecular flexibility index (Phi) is 5.85. The highest BCUT2D eigenvalue weighted by Gasteiger charge is 2.23. The lowest BCUT2D eigenvalue weighted by atomic mass is 10.7. The van der Waals surface area contributed by atoms with Gasteiger partial charge in [-0.15, -0.1) is 0 Å². The standard InChI is InChI=1S/C7H14ClO3P/c1-4-10-12(9,11-5-2)6-7(3)8/h3-6H2,1-2H3. The second-order valence-corrected chi connectivity index (χ2v) is 4.71. The Balaban J connectivity index is 4.18. The maximum atomic E-state index is 11.6. The van der Waals surface area contributed by atoms with E-state index in [0.717, 1.165) is 0 Å². The Bertz CT molecular complexity index is 183. The van der Waals surface area contributed by atoms with E-state index in [2.05, 4.69) is 6.58 Å². The molecule has 0 aromatic carbocycles. The SMILES string of the molecule is C=C(Cl)CP(=O)(OCC)OCC. The smallest absolute Gasteiger partial charge is 0.309 e. The predicted octanol–water partition coefficient (Wildman–Crippen LogP) is 3.01. The summed E-state index contributed by atoms with van der Waals surface area (Å²) in [6.07, 6.45) is 0.0796. The van der Waals surface area contributed by atoms with Crippen molar-refractivity contribution in [3.63, 3.8) is 0 Å². The summed E-state index contributed by atoms with van der Waals surface area (Å²) in [4.78, 5) is 0. The Morgan fingerprint density at radius 2 is 1.83 bits per heavy atom. The van der Waals surface area contributed by atoms with E-state index < -0.39 is 7.60 Å². The van der Waals surface area contributed by atoms with Crippen LogP contribution in [0.3, 0.4) is 0 Å². The van der Waals surface area contributed by atoms with Gasteiger partial charge in [-0.3, -0.25) is 4.57 Å². The molecule has 0 spiro atoms. The van der Waals surface area contributed by atoms with Crippen molar-refractivity contribution in [2.24, 2.45) is 0 Å². The van der Waals surface area contributed by atoms with Crippen molar-refractivity contribution in [2.75, 3.05) is 19.4 Å². The fraction of sp³-hybridized carbons (Fsp3) is 0.714. The lowest BCUT2D eigenvalue weighted by molar-refractivity contribution is 0.222. The van der Waals surface area contributed by atoms with Crippen LogP contribution < -0.4 is 0 Å². The molecule has 0 aliphatic rings.